The maximum Gasteiger partial charge on any atom is 0.195 e. The van der Waals surface area contributed by atoms with E-state index in [1.165, 1.54) is 0 Å². The number of aromatic amines is 1. The first-order valence-electron chi connectivity index (χ1n) is 7.14. The van der Waals surface area contributed by atoms with Gasteiger partial charge in [-0.1, -0.05) is 20.3 Å². The van der Waals surface area contributed by atoms with Crippen LogP contribution in [0.4, 0.5) is 0 Å². The second kappa shape index (κ2) is 7.24. The fourth-order valence-corrected chi connectivity index (χ4v) is 2.23. The Morgan fingerprint density at radius 1 is 1.20 bits per heavy atom. The number of aromatic nitrogens is 3. The Morgan fingerprint density at radius 2 is 1.95 bits per heavy atom. The van der Waals surface area contributed by atoms with Crippen molar-refractivity contribution < 1.29 is 4.74 Å². The lowest BCUT2D eigenvalue weighted by Gasteiger charge is -2.07. The monoisotopic (exact) mass is 291 g/mol. The Balaban J connectivity index is 2.15. The highest BCUT2D eigenvalue weighted by Gasteiger charge is 2.08. The van der Waals surface area contributed by atoms with Crippen LogP contribution in [0.2, 0.25) is 0 Å². The van der Waals surface area contributed by atoms with Gasteiger partial charge in [0.25, 0.3) is 0 Å². The van der Waals surface area contributed by atoms with Crippen molar-refractivity contribution in [1.29, 1.82) is 0 Å². The molecule has 0 atom stereocenters. The van der Waals surface area contributed by atoms with E-state index in [0.29, 0.717) is 4.77 Å². The third kappa shape index (κ3) is 3.48. The highest BCUT2D eigenvalue weighted by Crippen LogP contribution is 2.21. The molecule has 2 rings (SSSR count). The normalized spacial score (nSPS) is 10.7. The van der Waals surface area contributed by atoms with Crippen molar-refractivity contribution in [1.82, 2.24) is 14.8 Å². The van der Waals surface area contributed by atoms with Crippen LogP contribution in [0.1, 0.15) is 33.1 Å². The van der Waals surface area contributed by atoms with E-state index < -0.39 is 0 Å². The summed E-state index contributed by atoms with van der Waals surface area (Å²) in [6.45, 7) is 5.93. The van der Waals surface area contributed by atoms with Gasteiger partial charge in [-0.2, -0.15) is 5.10 Å². The second-order valence-corrected chi connectivity index (χ2v) is 5.12. The van der Waals surface area contributed by atoms with E-state index in [4.69, 9.17) is 17.0 Å². The summed E-state index contributed by atoms with van der Waals surface area (Å²) in [5, 5.41) is 7.18. The Labute approximate surface area is 124 Å². The molecule has 0 saturated carbocycles. The van der Waals surface area contributed by atoms with Gasteiger partial charge in [-0.05, 0) is 49.3 Å². The van der Waals surface area contributed by atoms with Gasteiger partial charge < -0.3 is 9.30 Å². The predicted octanol–water partition coefficient (Wildman–Crippen LogP) is 4.20. The third-order valence-corrected chi connectivity index (χ3v) is 3.40. The third-order valence-electron chi connectivity index (χ3n) is 3.08. The number of ether oxygens (including phenoxy) is 1. The van der Waals surface area contributed by atoms with E-state index in [-0.39, 0.29) is 0 Å². The average molecular weight is 291 g/mol. The van der Waals surface area contributed by atoms with Crippen LogP contribution in [-0.4, -0.2) is 21.4 Å². The zero-order valence-corrected chi connectivity index (χ0v) is 12.9. The molecule has 0 aliphatic heterocycles. The van der Waals surface area contributed by atoms with Gasteiger partial charge in [-0.3, -0.25) is 5.10 Å². The maximum absolute atomic E-state index is 5.66. The minimum absolute atomic E-state index is 0.671. The number of benzene rings is 1. The Bertz CT molecular complexity index is 586. The van der Waals surface area contributed by atoms with Gasteiger partial charge in [0.1, 0.15) is 5.75 Å². The van der Waals surface area contributed by atoms with Crippen LogP contribution >= 0.6 is 12.2 Å². The summed E-state index contributed by atoms with van der Waals surface area (Å²) in [5.41, 5.74) is 1.05. The molecule has 1 heterocycles. The van der Waals surface area contributed by atoms with E-state index in [1.807, 2.05) is 28.8 Å². The van der Waals surface area contributed by atoms with Crippen LogP contribution in [0.15, 0.2) is 24.3 Å². The summed E-state index contributed by atoms with van der Waals surface area (Å²) in [4.78, 5) is 0. The molecule has 1 aromatic heterocycles. The summed E-state index contributed by atoms with van der Waals surface area (Å²) in [7, 11) is 0. The molecule has 0 fully saturated rings. The molecule has 0 saturated heterocycles. The molecule has 20 heavy (non-hydrogen) atoms. The molecule has 1 aromatic carbocycles. The molecular formula is C15H21N3OS. The molecule has 0 radical (unpaired) electrons. The first-order valence-corrected chi connectivity index (χ1v) is 7.55. The van der Waals surface area contributed by atoms with Crippen LogP contribution in [0.25, 0.3) is 11.4 Å². The molecule has 0 unspecified atom stereocenters. The fourth-order valence-electron chi connectivity index (χ4n) is 2.00. The van der Waals surface area contributed by atoms with Gasteiger partial charge in [0, 0.05) is 12.1 Å². The first kappa shape index (κ1) is 14.8. The highest BCUT2D eigenvalue weighted by atomic mass is 32.1. The average Bonchev–Trinajstić information content (AvgIpc) is 2.82. The molecule has 108 valence electrons. The van der Waals surface area contributed by atoms with Gasteiger partial charge in [0.05, 0.1) is 6.61 Å². The van der Waals surface area contributed by atoms with Crippen LogP contribution in [-0.2, 0) is 6.54 Å². The zero-order valence-electron chi connectivity index (χ0n) is 12.1. The Hall–Kier alpha value is -1.62. The maximum atomic E-state index is 5.66. The van der Waals surface area contributed by atoms with Gasteiger partial charge in [0.15, 0.2) is 10.6 Å². The first-order chi connectivity index (χ1) is 9.76. The summed E-state index contributed by atoms with van der Waals surface area (Å²) >= 11 is 5.25. The Kier molecular flexibility index (Phi) is 5.35. The number of nitrogens with zero attached hydrogens (tertiary/aromatic N) is 2. The van der Waals surface area contributed by atoms with Crippen molar-refractivity contribution in [3.05, 3.63) is 29.0 Å². The SMILES string of the molecule is CCCCOc1ccc(-c2n[nH]c(=S)n2CCC)cc1. The van der Waals surface area contributed by atoms with Crippen molar-refractivity contribution in [3.8, 4) is 17.1 Å². The predicted molar refractivity (Wildman–Crippen MR) is 83.5 cm³/mol. The van der Waals surface area contributed by atoms with Crippen LogP contribution in [0, 0.1) is 4.77 Å². The summed E-state index contributed by atoms with van der Waals surface area (Å²) in [5.74, 6) is 1.79. The smallest absolute Gasteiger partial charge is 0.195 e. The van der Waals surface area contributed by atoms with E-state index in [9.17, 15) is 0 Å². The second-order valence-electron chi connectivity index (χ2n) is 4.73. The van der Waals surface area contributed by atoms with Crippen LogP contribution < -0.4 is 4.74 Å². The van der Waals surface area contributed by atoms with E-state index in [1.54, 1.807) is 0 Å². The van der Waals surface area contributed by atoms with Gasteiger partial charge >= 0.3 is 0 Å². The minimum Gasteiger partial charge on any atom is -0.494 e. The van der Waals surface area contributed by atoms with Crippen molar-refractivity contribution in [2.75, 3.05) is 6.61 Å². The van der Waals surface area contributed by atoms with Gasteiger partial charge in [-0.15, -0.1) is 0 Å². The van der Waals surface area contributed by atoms with Crippen molar-refractivity contribution in [2.45, 2.75) is 39.7 Å². The van der Waals surface area contributed by atoms with E-state index in [2.05, 4.69) is 24.0 Å². The van der Waals surface area contributed by atoms with E-state index in [0.717, 1.165) is 49.6 Å². The number of hydrogen-bond donors (Lipinski definition) is 1. The van der Waals surface area contributed by atoms with Crippen LogP contribution in [0.5, 0.6) is 5.75 Å². The molecule has 0 spiro atoms. The zero-order chi connectivity index (χ0) is 14.4. The number of rotatable bonds is 7. The number of unbranched alkanes of at least 4 members (excludes halogenated alkanes) is 1. The number of nitrogens with one attached hydrogen (secondary N) is 1. The van der Waals surface area contributed by atoms with Gasteiger partial charge in [-0.25, -0.2) is 0 Å². The molecule has 0 aliphatic rings. The number of hydrogen-bond acceptors (Lipinski definition) is 3. The van der Waals surface area contributed by atoms with Crippen LogP contribution in [0.3, 0.4) is 0 Å². The summed E-state index contributed by atoms with van der Waals surface area (Å²) in [6, 6.07) is 8.02. The quantitative estimate of drug-likeness (QED) is 0.614. The fraction of sp³-hybridized carbons (Fsp3) is 0.467. The van der Waals surface area contributed by atoms with Crippen molar-refractivity contribution >= 4 is 12.2 Å². The molecule has 0 bridgehead atoms. The summed E-state index contributed by atoms with van der Waals surface area (Å²) < 4.78 is 8.37. The summed E-state index contributed by atoms with van der Waals surface area (Å²) in [6.07, 6.45) is 3.25. The minimum atomic E-state index is 0.671. The standard InChI is InChI=1S/C15H21N3OS/c1-3-5-11-19-13-8-6-12(7-9-13)14-16-17-15(20)18(14)10-4-2/h6-9H,3-5,10-11H2,1-2H3,(H,17,20). The number of H-pyrrole nitrogens is 1. The van der Waals surface area contributed by atoms with E-state index >= 15 is 0 Å². The molecule has 0 aliphatic carbocycles. The topological polar surface area (TPSA) is 42.8 Å². The molecular weight excluding hydrogens is 270 g/mol. The highest BCUT2D eigenvalue weighted by molar-refractivity contribution is 7.71. The molecule has 2 aromatic rings. The largest absolute Gasteiger partial charge is 0.494 e. The Morgan fingerprint density at radius 3 is 2.60 bits per heavy atom. The lowest BCUT2D eigenvalue weighted by molar-refractivity contribution is 0.309. The molecule has 1 N–H and O–H groups in total. The molecule has 4 nitrogen and oxygen atoms in total. The van der Waals surface area contributed by atoms with Crippen molar-refractivity contribution in [3.63, 3.8) is 0 Å². The lowest BCUT2D eigenvalue weighted by atomic mass is 10.2. The molecule has 0 amide bonds. The lowest BCUT2D eigenvalue weighted by Crippen LogP contribution is -2.00. The van der Waals surface area contributed by atoms with Crippen molar-refractivity contribution in [2.24, 2.45) is 0 Å². The van der Waals surface area contributed by atoms with Gasteiger partial charge in [0.2, 0.25) is 0 Å². The molecule has 5 heteroatoms.